The summed E-state index contributed by atoms with van der Waals surface area (Å²) >= 11 is 0. The number of aliphatic imine (C=N–C) groups is 1. The van der Waals surface area contributed by atoms with Gasteiger partial charge in [0, 0.05) is 6.21 Å². The average molecular weight is 295 g/mol. The molecule has 3 rings (SSSR count). The molecule has 2 aromatic rings. The molecule has 1 aliphatic carbocycles. The van der Waals surface area contributed by atoms with Gasteiger partial charge in [-0.3, -0.25) is 10.3 Å². The second-order valence-corrected chi connectivity index (χ2v) is 5.05. The molecule has 0 radical (unpaired) electrons. The number of rotatable bonds is 5. The minimum atomic E-state index is 0.236. The van der Waals surface area contributed by atoms with Crippen molar-refractivity contribution < 1.29 is 4.42 Å². The van der Waals surface area contributed by atoms with Crippen molar-refractivity contribution in [3.63, 3.8) is 0 Å². The maximum atomic E-state index is 5.76. The van der Waals surface area contributed by atoms with Crippen molar-refractivity contribution in [3.05, 3.63) is 59.8 Å². The lowest BCUT2D eigenvalue weighted by Gasteiger charge is -2.04. The Morgan fingerprint density at radius 3 is 3.05 bits per heavy atom. The molecule has 1 aromatic carbocycles. The van der Waals surface area contributed by atoms with Crippen LogP contribution in [0, 0.1) is 0 Å². The zero-order chi connectivity index (χ0) is 15.4. The minimum absolute atomic E-state index is 0.236. The quantitative estimate of drug-likeness (QED) is 0.827. The fraction of sp³-hybridized carbons (Fsp3) is 0.188. The number of hydrogen-bond acceptors (Lipinski definition) is 6. The second-order valence-electron chi connectivity index (χ2n) is 5.05. The molecule has 0 bridgehead atoms. The summed E-state index contributed by atoms with van der Waals surface area (Å²) in [6.45, 7) is 3.99. The first-order chi connectivity index (χ1) is 10.7. The number of fused-ring (bicyclic) bond motifs is 1. The van der Waals surface area contributed by atoms with Gasteiger partial charge in [-0.15, -0.1) is 5.10 Å². The summed E-state index contributed by atoms with van der Waals surface area (Å²) < 4.78 is 4.93. The average Bonchev–Trinajstić information content (AvgIpc) is 3.17. The first kappa shape index (κ1) is 14.1. The summed E-state index contributed by atoms with van der Waals surface area (Å²) in [6, 6.07) is 6.64. The van der Waals surface area contributed by atoms with E-state index in [1.807, 2.05) is 0 Å². The molecular formula is C16H17N5O. The molecule has 6 nitrogen and oxygen atoms in total. The number of nitrogens with two attached hydrogens (primary N) is 1. The van der Waals surface area contributed by atoms with Gasteiger partial charge in [0.2, 0.25) is 6.39 Å². The van der Waals surface area contributed by atoms with E-state index in [1.165, 1.54) is 30.4 Å². The third kappa shape index (κ3) is 3.22. The second kappa shape index (κ2) is 6.26. The third-order valence-corrected chi connectivity index (χ3v) is 3.53. The van der Waals surface area contributed by atoms with Crippen molar-refractivity contribution in [3.8, 4) is 0 Å². The van der Waals surface area contributed by atoms with Gasteiger partial charge in [-0.05, 0) is 48.1 Å². The van der Waals surface area contributed by atoms with E-state index in [2.05, 4.69) is 45.3 Å². The van der Waals surface area contributed by atoms with Crippen LogP contribution >= 0.6 is 0 Å². The fourth-order valence-electron chi connectivity index (χ4n) is 2.43. The normalized spacial score (nSPS) is 14.3. The molecule has 0 unspecified atom stereocenters. The van der Waals surface area contributed by atoms with Gasteiger partial charge in [0.1, 0.15) is 5.82 Å². The van der Waals surface area contributed by atoms with Crippen molar-refractivity contribution >= 4 is 17.9 Å². The summed E-state index contributed by atoms with van der Waals surface area (Å²) in [6.07, 6.45) is 7.97. The molecule has 0 atom stereocenters. The van der Waals surface area contributed by atoms with Gasteiger partial charge in [0.15, 0.2) is 0 Å². The van der Waals surface area contributed by atoms with E-state index in [4.69, 9.17) is 10.2 Å². The zero-order valence-corrected chi connectivity index (χ0v) is 12.1. The van der Waals surface area contributed by atoms with Gasteiger partial charge in [0.25, 0.3) is 0 Å². The van der Waals surface area contributed by atoms with E-state index in [9.17, 15) is 0 Å². The number of nitrogens with one attached hydrogen (secondary N) is 1. The molecular weight excluding hydrogens is 278 g/mol. The van der Waals surface area contributed by atoms with Crippen LogP contribution in [0.15, 0.2) is 52.5 Å². The highest BCUT2D eigenvalue weighted by atomic mass is 16.4. The van der Waals surface area contributed by atoms with Crippen LogP contribution in [0.25, 0.3) is 5.70 Å². The molecule has 6 heteroatoms. The van der Waals surface area contributed by atoms with Gasteiger partial charge < -0.3 is 10.2 Å². The van der Waals surface area contributed by atoms with E-state index < -0.39 is 0 Å². The van der Waals surface area contributed by atoms with Crippen LogP contribution in [0.2, 0.25) is 0 Å². The van der Waals surface area contributed by atoms with Crippen molar-refractivity contribution in [1.29, 1.82) is 0 Å². The highest BCUT2D eigenvalue weighted by molar-refractivity contribution is 5.80. The molecule has 3 N–H and O–H groups in total. The smallest absolute Gasteiger partial charge is 0.320 e. The molecule has 22 heavy (non-hydrogen) atoms. The summed E-state index contributed by atoms with van der Waals surface area (Å²) in [5, 5.41) is 9.96. The molecule has 112 valence electrons. The van der Waals surface area contributed by atoms with E-state index in [-0.39, 0.29) is 6.01 Å². The number of benzene rings is 1. The molecule has 0 saturated carbocycles. The first-order valence-electron chi connectivity index (χ1n) is 7.06. The molecule has 0 spiro atoms. The van der Waals surface area contributed by atoms with E-state index in [1.54, 1.807) is 12.3 Å². The van der Waals surface area contributed by atoms with Crippen LogP contribution in [0.1, 0.15) is 23.1 Å². The van der Waals surface area contributed by atoms with Gasteiger partial charge >= 0.3 is 6.01 Å². The minimum Gasteiger partial charge on any atom is -0.411 e. The first-order valence-corrected chi connectivity index (χ1v) is 7.06. The van der Waals surface area contributed by atoms with Crippen LogP contribution in [0.5, 0.6) is 0 Å². The maximum Gasteiger partial charge on any atom is 0.320 e. The summed E-state index contributed by atoms with van der Waals surface area (Å²) in [7, 11) is 0. The highest BCUT2D eigenvalue weighted by Crippen LogP contribution is 2.25. The Balaban J connectivity index is 1.63. The molecule has 0 amide bonds. The predicted molar refractivity (Wildman–Crippen MR) is 86.2 cm³/mol. The zero-order valence-electron chi connectivity index (χ0n) is 12.1. The third-order valence-electron chi connectivity index (χ3n) is 3.53. The molecule has 0 fully saturated rings. The van der Waals surface area contributed by atoms with Crippen LogP contribution in [-0.2, 0) is 12.8 Å². The van der Waals surface area contributed by atoms with Gasteiger partial charge in [-0.25, -0.2) is 0 Å². The molecule has 1 aliphatic rings. The number of aryl methyl sites for hydroxylation is 2. The predicted octanol–water partition coefficient (Wildman–Crippen LogP) is 2.51. The van der Waals surface area contributed by atoms with E-state index in [0.717, 1.165) is 12.0 Å². The van der Waals surface area contributed by atoms with Gasteiger partial charge in [0.05, 0.1) is 5.70 Å². The number of nitrogens with zero attached hydrogens (tertiary/aromatic N) is 3. The Morgan fingerprint density at radius 1 is 1.36 bits per heavy atom. The van der Waals surface area contributed by atoms with Crippen LogP contribution in [-0.4, -0.2) is 16.4 Å². The highest BCUT2D eigenvalue weighted by Gasteiger charge is 2.11. The fourth-order valence-corrected chi connectivity index (χ4v) is 2.43. The standard InChI is InChI=1S/C16H17N5O/c1-11(13-6-5-12-3-2-4-14(12)9-13)18-8-7-15(17)20-16-21-19-10-22-16/h5-10H,1-4,17H2,(H,20,21)/b15-7+,18-8-. The Bertz CT molecular complexity index is 731. The van der Waals surface area contributed by atoms with Crippen LogP contribution in [0.4, 0.5) is 6.01 Å². The Morgan fingerprint density at radius 2 is 2.23 bits per heavy atom. The van der Waals surface area contributed by atoms with Crippen LogP contribution in [0.3, 0.4) is 0 Å². The van der Waals surface area contributed by atoms with E-state index >= 15 is 0 Å². The van der Waals surface area contributed by atoms with Crippen molar-refractivity contribution in [2.45, 2.75) is 19.3 Å². The number of anilines is 1. The lowest BCUT2D eigenvalue weighted by atomic mass is 10.1. The molecule has 1 aromatic heterocycles. The van der Waals surface area contributed by atoms with Gasteiger partial charge in [-0.1, -0.05) is 23.8 Å². The Labute approximate surface area is 128 Å². The summed E-state index contributed by atoms with van der Waals surface area (Å²) in [4.78, 5) is 4.31. The lowest BCUT2D eigenvalue weighted by Crippen LogP contribution is -2.09. The van der Waals surface area contributed by atoms with Crippen LogP contribution < -0.4 is 11.1 Å². The lowest BCUT2D eigenvalue weighted by molar-refractivity contribution is 0.569. The summed E-state index contributed by atoms with van der Waals surface area (Å²) in [5.41, 5.74) is 10.3. The van der Waals surface area contributed by atoms with Crippen molar-refractivity contribution in [2.24, 2.45) is 10.7 Å². The Hall–Kier alpha value is -2.89. The largest absolute Gasteiger partial charge is 0.411 e. The molecule has 0 saturated heterocycles. The summed E-state index contributed by atoms with van der Waals surface area (Å²) in [5.74, 6) is 0.356. The van der Waals surface area contributed by atoms with E-state index in [0.29, 0.717) is 11.5 Å². The molecule has 1 heterocycles. The number of hydrogen-bond donors (Lipinski definition) is 2. The number of aromatic nitrogens is 2. The topological polar surface area (TPSA) is 89.3 Å². The Kier molecular flexibility index (Phi) is 4.00. The monoisotopic (exact) mass is 295 g/mol. The van der Waals surface area contributed by atoms with Crippen molar-refractivity contribution in [1.82, 2.24) is 10.2 Å². The SMILES string of the molecule is C=C(/N=C\C=C(/N)Nc1nnco1)c1ccc2c(c1)CCC2. The maximum absolute atomic E-state index is 5.76. The van der Waals surface area contributed by atoms with Gasteiger partial charge in [-0.2, -0.15) is 0 Å². The van der Waals surface area contributed by atoms with Crippen molar-refractivity contribution in [2.75, 3.05) is 5.32 Å². The number of allylic oxidation sites excluding steroid dienone is 1. The molecule has 0 aliphatic heterocycles.